The highest BCUT2D eigenvalue weighted by Gasteiger charge is 2.33. The number of amides is 1. The second-order valence-corrected chi connectivity index (χ2v) is 6.89. The largest absolute Gasteiger partial charge is 0.481 e. The fourth-order valence-corrected chi connectivity index (χ4v) is 3.32. The van der Waals surface area contributed by atoms with Gasteiger partial charge in [-0.1, -0.05) is 24.3 Å². The molecule has 1 saturated heterocycles. The third-order valence-corrected chi connectivity index (χ3v) is 4.73. The number of rotatable bonds is 4. The van der Waals surface area contributed by atoms with E-state index >= 15 is 0 Å². The zero-order chi connectivity index (χ0) is 18.8. The molecule has 7 nitrogen and oxygen atoms in total. The summed E-state index contributed by atoms with van der Waals surface area (Å²) in [6, 6.07) is 6.05. The standard InChI is InChI=1S/C18H21FN4O3/c1-11-7-14(18(25)26)10-22(8-11)17(24)16-12(2)23(21-20-16)9-13-3-5-15(19)6-4-13/h3-6,11,14H,7-10H2,1-2H3,(H,25,26). The van der Waals surface area contributed by atoms with Crippen molar-refractivity contribution < 1.29 is 19.1 Å². The Morgan fingerprint density at radius 3 is 2.62 bits per heavy atom. The number of carboxylic acid groups (broad SMARTS) is 1. The van der Waals surface area contributed by atoms with Crippen molar-refractivity contribution in [3.05, 3.63) is 47.0 Å². The van der Waals surface area contributed by atoms with Gasteiger partial charge in [0, 0.05) is 13.1 Å². The molecule has 2 heterocycles. The van der Waals surface area contributed by atoms with E-state index in [-0.39, 0.29) is 29.9 Å². The molecule has 138 valence electrons. The molecule has 1 aromatic carbocycles. The molecule has 8 heteroatoms. The van der Waals surface area contributed by atoms with Gasteiger partial charge in [-0.25, -0.2) is 9.07 Å². The number of carboxylic acids is 1. The molecule has 0 radical (unpaired) electrons. The number of aromatic nitrogens is 3. The number of aliphatic carboxylic acids is 1. The van der Waals surface area contributed by atoms with Crippen molar-refractivity contribution >= 4 is 11.9 Å². The van der Waals surface area contributed by atoms with Gasteiger partial charge in [0.1, 0.15) is 5.82 Å². The molecule has 0 saturated carbocycles. The van der Waals surface area contributed by atoms with E-state index in [2.05, 4.69) is 10.3 Å². The van der Waals surface area contributed by atoms with E-state index in [1.54, 1.807) is 28.6 Å². The summed E-state index contributed by atoms with van der Waals surface area (Å²) in [5.74, 6) is -1.94. The molecule has 2 unspecified atom stereocenters. The summed E-state index contributed by atoms with van der Waals surface area (Å²) < 4.78 is 14.6. The minimum atomic E-state index is -0.883. The van der Waals surface area contributed by atoms with Crippen molar-refractivity contribution in [2.24, 2.45) is 11.8 Å². The number of hydrogen-bond donors (Lipinski definition) is 1. The number of carbonyl (C=O) groups is 2. The molecule has 1 amide bonds. The molecule has 0 aliphatic carbocycles. The molecule has 1 aliphatic rings. The van der Waals surface area contributed by atoms with Crippen LogP contribution < -0.4 is 0 Å². The van der Waals surface area contributed by atoms with E-state index < -0.39 is 11.9 Å². The van der Waals surface area contributed by atoms with Crippen LogP contribution in [0.3, 0.4) is 0 Å². The van der Waals surface area contributed by atoms with E-state index in [0.717, 1.165) is 5.56 Å². The highest BCUT2D eigenvalue weighted by molar-refractivity contribution is 5.93. The molecule has 0 spiro atoms. The summed E-state index contributed by atoms with van der Waals surface area (Å²) in [5.41, 5.74) is 1.67. The molecule has 1 aliphatic heterocycles. The fourth-order valence-electron chi connectivity index (χ4n) is 3.32. The second kappa shape index (κ2) is 7.23. The quantitative estimate of drug-likeness (QED) is 0.900. The number of nitrogens with zero attached hydrogens (tertiary/aromatic N) is 4. The van der Waals surface area contributed by atoms with Gasteiger partial charge in [-0.2, -0.15) is 0 Å². The predicted octanol–water partition coefficient (Wildman–Crippen LogP) is 1.96. The lowest BCUT2D eigenvalue weighted by molar-refractivity contribution is -0.143. The minimum Gasteiger partial charge on any atom is -0.481 e. The second-order valence-electron chi connectivity index (χ2n) is 6.89. The van der Waals surface area contributed by atoms with Gasteiger partial charge in [-0.05, 0) is 37.0 Å². The lowest BCUT2D eigenvalue weighted by Gasteiger charge is -2.34. The predicted molar refractivity (Wildman–Crippen MR) is 91.1 cm³/mol. The Labute approximate surface area is 150 Å². The van der Waals surface area contributed by atoms with Crippen LogP contribution in [0.25, 0.3) is 0 Å². The highest BCUT2D eigenvalue weighted by Crippen LogP contribution is 2.23. The maximum absolute atomic E-state index is 13.0. The molecule has 2 atom stereocenters. The van der Waals surface area contributed by atoms with Crippen molar-refractivity contribution in [2.45, 2.75) is 26.8 Å². The molecular formula is C18H21FN4O3. The first-order valence-corrected chi connectivity index (χ1v) is 8.51. The van der Waals surface area contributed by atoms with Gasteiger partial charge >= 0.3 is 5.97 Å². The van der Waals surface area contributed by atoms with Crippen LogP contribution in [0, 0.1) is 24.6 Å². The number of halogens is 1. The fraction of sp³-hybridized carbons (Fsp3) is 0.444. The molecule has 1 fully saturated rings. The average Bonchev–Trinajstić information content (AvgIpc) is 2.96. The first-order chi connectivity index (χ1) is 12.3. The third kappa shape index (κ3) is 3.74. The van der Waals surface area contributed by atoms with E-state index in [4.69, 9.17) is 0 Å². The Kier molecular flexibility index (Phi) is 5.01. The number of hydrogen-bond acceptors (Lipinski definition) is 4. The normalized spacial score (nSPS) is 20.2. The summed E-state index contributed by atoms with van der Waals surface area (Å²) in [4.78, 5) is 25.7. The smallest absolute Gasteiger partial charge is 0.308 e. The Bertz CT molecular complexity index is 818. The summed E-state index contributed by atoms with van der Waals surface area (Å²) in [6.45, 7) is 4.75. The van der Waals surface area contributed by atoms with Gasteiger partial charge in [0.25, 0.3) is 5.91 Å². The first kappa shape index (κ1) is 18.0. The molecule has 26 heavy (non-hydrogen) atoms. The van der Waals surface area contributed by atoms with Gasteiger partial charge in [-0.3, -0.25) is 9.59 Å². The number of carbonyl (C=O) groups excluding carboxylic acids is 1. The maximum atomic E-state index is 13.0. The van der Waals surface area contributed by atoms with Crippen LogP contribution in [0.5, 0.6) is 0 Å². The van der Waals surface area contributed by atoms with Gasteiger partial charge in [0.15, 0.2) is 5.69 Å². The highest BCUT2D eigenvalue weighted by atomic mass is 19.1. The van der Waals surface area contributed by atoms with Crippen molar-refractivity contribution in [1.82, 2.24) is 19.9 Å². The van der Waals surface area contributed by atoms with Crippen molar-refractivity contribution in [2.75, 3.05) is 13.1 Å². The molecule has 1 aromatic heterocycles. The van der Waals surface area contributed by atoms with Gasteiger partial charge < -0.3 is 10.0 Å². The Morgan fingerprint density at radius 2 is 1.96 bits per heavy atom. The first-order valence-electron chi connectivity index (χ1n) is 8.51. The summed E-state index contributed by atoms with van der Waals surface area (Å²) >= 11 is 0. The Hall–Kier alpha value is -2.77. The molecule has 2 aromatic rings. The molecule has 0 bridgehead atoms. The van der Waals surface area contributed by atoms with Crippen LogP contribution in [-0.2, 0) is 11.3 Å². The van der Waals surface area contributed by atoms with E-state index in [0.29, 0.717) is 25.2 Å². The Morgan fingerprint density at radius 1 is 1.27 bits per heavy atom. The maximum Gasteiger partial charge on any atom is 0.308 e. The topological polar surface area (TPSA) is 88.3 Å². The van der Waals surface area contributed by atoms with Crippen LogP contribution in [0.2, 0.25) is 0 Å². The van der Waals surface area contributed by atoms with E-state index in [9.17, 15) is 19.1 Å². The number of piperidine rings is 1. The molecular weight excluding hydrogens is 339 g/mol. The van der Waals surface area contributed by atoms with Crippen LogP contribution >= 0.6 is 0 Å². The summed E-state index contributed by atoms with van der Waals surface area (Å²) in [7, 11) is 0. The molecule has 3 rings (SSSR count). The van der Waals surface area contributed by atoms with Crippen molar-refractivity contribution in [1.29, 1.82) is 0 Å². The minimum absolute atomic E-state index is 0.114. The third-order valence-electron chi connectivity index (χ3n) is 4.73. The van der Waals surface area contributed by atoms with Crippen LogP contribution in [0.4, 0.5) is 4.39 Å². The van der Waals surface area contributed by atoms with Gasteiger partial charge in [0.05, 0.1) is 18.2 Å². The molecule has 1 N–H and O–H groups in total. The van der Waals surface area contributed by atoms with Crippen LogP contribution in [0.15, 0.2) is 24.3 Å². The van der Waals surface area contributed by atoms with Crippen LogP contribution in [0.1, 0.15) is 35.1 Å². The van der Waals surface area contributed by atoms with Gasteiger partial charge in [0.2, 0.25) is 0 Å². The monoisotopic (exact) mass is 360 g/mol. The van der Waals surface area contributed by atoms with E-state index in [1.165, 1.54) is 12.1 Å². The Balaban J connectivity index is 1.77. The zero-order valence-electron chi connectivity index (χ0n) is 14.7. The lowest BCUT2D eigenvalue weighted by Crippen LogP contribution is -2.45. The van der Waals surface area contributed by atoms with Crippen molar-refractivity contribution in [3.63, 3.8) is 0 Å². The zero-order valence-corrected chi connectivity index (χ0v) is 14.7. The van der Waals surface area contributed by atoms with Gasteiger partial charge in [-0.15, -0.1) is 5.10 Å². The average molecular weight is 360 g/mol. The lowest BCUT2D eigenvalue weighted by atomic mass is 9.90. The summed E-state index contributed by atoms with van der Waals surface area (Å²) in [6.07, 6.45) is 0.565. The number of benzene rings is 1. The van der Waals surface area contributed by atoms with Crippen molar-refractivity contribution in [3.8, 4) is 0 Å². The van der Waals surface area contributed by atoms with E-state index in [1.807, 2.05) is 6.92 Å². The summed E-state index contributed by atoms with van der Waals surface area (Å²) in [5, 5.41) is 17.3. The number of likely N-dealkylation sites (tertiary alicyclic amines) is 1. The van der Waals surface area contributed by atoms with Crippen LogP contribution in [-0.4, -0.2) is 50.0 Å². The SMILES string of the molecule is Cc1c(C(=O)N2CC(C)CC(C(=O)O)C2)nnn1Cc1ccc(F)cc1.